The molecule has 4 atom stereocenters. The van der Waals surface area contributed by atoms with Gasteiger partial charge in [0.25, 0.3) is 0 Å². The first-order valence-electron chi connectivity index (χ1n) is 5.24. The molecule has 80 valence electrons. The number of hydrogen-bond acceptors (Lipinski definition) is 3. The second-order valence-electron chi connectivity index (χ2n) is 4.24. The molecule has 0 aromatic heterocycles. The fourth-order valence-corrected chi connectivity index (χ4v) is 2.84. The summed E-state index contributed by atoms with van der Waals surface area (Å²) in [6.07, 6.45) is 2.11. The van der Waals surface area contributed by atoms with Crippen LogP contribution in [0.2, 0.25) is 0 Å². The Morgan fingerprint density at radius 2 is 2.29 bits per heavy atom. The van der Waals surface area contributed by atoms with Crippen LogP contribution in [-0.2, 0) is 9.63 Å². The van der Waals surface area contributed by atoms with E-state index in [-0.39, 0.29) is 17.9 Å². The Labute approximate surface area is 83.8 Å². The number of amides is 1. The van der Waals surface area contributed by atoms with Gasteiger partial charge < -0.3 is 5.11 Å². The summed E-state index contributed by atoms with van der Waals surface area (Å²) in [4.78, 5) is 16.8. The molecule has 2 heterocycles. The summed E-state index contributed by atoms with van der Waals surface area (Å²) in [7, 11) is 1.50. The highest BCUT2D eigenvalue weighted by Crippen LogP contribution is 2.41. The highest BCUT2D eigenvalue weighted by Gasteiger charge is 2.50. The van der Waals surface area contributed by atoms with E-state index in [1.54, 1.807) is 0 Å². The number of hydrogen-bond donors (Lipinski definition) is 1. The third kappa shape index (κ3) is 1.25. The van der Waals surface area contributed by atoms with Crippen LogP contribution >= 0.6 is 0 Å². The molecule has 1 saturated carbocycles. The van der Waals surface area contributed by atoms with Crippen LogP contribution in [0, 0.1) is 11.8 Å². The Bertz CT molecular complexity index is 244. The van der Waals surface area contributed by atoms with Crippen molar-refractivity contribution >= 4 is 5.91 Å². The number of nitrogens with zero attached hydrogens (tertiary/aromatic N) is 1. The van der Waals surface area contributed by atoms with Crippen LogP contribution in [0.15, 0.2) is 0 Å². The second-order valence-corrected chi connectivity index (χ2v) is 4.24. The fraction of sp³-hybridized carbons (Fsp3) is 0.900. The zero-order valence-corrected chi connectivity index (χ0v) is 8.64. The van der Waals surface area contributed by atoms with Crippen LogP contribution in [0.25, 0.3) is 0 Å². The van der Waals surface area contributed by atoms with E-state index in [1.807, 2.05) is 0 Å². The van der Waals surface area contributed by atoms with Gasteiger partial charge in [-0.15, -0.1) is 0 Å². The minimum Gasteiger partial charge on any atom is -0.391 e. The highest BCUT2D eigenvalue weighted by atomic mass is 16.7. The average Bonchev–Trinajstić information content (AvgIpc) is 2.19. The van der Waals surface area contributed by atoms with Crippen LogP contribution in [0.1, 0.15) is 26.2 Å². The maximum absolute atomic E-state index is 11.7. The molecule has 1 N–H and O–H groups in total. The summed E-state index contributed by atoms with van der Waals surface area (Å²) in [5.74, 6) is 0.411. The predicted molar refractivity (Wildman–Crippen MR) is 50.2 cm³/mol. The molecule has 4 heteroatoms. The molecule has 1 amide bonds. The quantitative estimate of drug-likeness (QED) is 0.706. The molecule has 2 saturated heterocycles. The number of aliphatic hydroxyl groups is 1. The average molecular weight is 199 g/mol. The molecule has 3 fully saturated rings. The first-order valence-corrected chi connectivity index (χ1v) is 5.24. The van der Waals surface area contributed by atoms with Gasteiger partial charge in [-0.25, -0.2) is 5.06 Å². The zero-order valence-electron chi connectivity index (χ0n) is 8.64. The van der Waals surface area contributed by atoms with E-state index in [9.17, 15) is 9.90 Å². The van der Waals surface area contributed by atoms with E-state index in [0.717, 1.165) is 12.8 Å². The van der Waals surface area contributed by atoms with Crippen molar-refractivity contribution < 1.29 is 14.7 Å². The minimum absolute atomic E-state index is 0.0279. The van der Waals surface area contributed by atoms with Crippen molar-refractivity contribution in [2.24, 2.45) is 11.8 Å². The smallest absolute Gasteiger partial charge is 0.249 e. The molecule has 0 unspecified atom stereocenters. The molecule has 2 bridgehead atoms. The Balaban J connectivity index is 2.24. The first-order chi connectivity index (χ1) is 6.69. The maximum Gasteiger partial charge on any atom is 0.249 e. The van der Waals surface area contributed by atoms with E-state index in [1.165, 1.54) is 12.2 Å². The van der Waals surface area contributed by atoms with Crippen molar-refractivity contribution in [1.82, 2.24) is 5.06 Å². The van der Waals surface area contributed by atoms with Gasteiger partial charge in [-0.2, -0.15) is 0 Å². The molecule has 0 aromatic rings. The Morgan fingerprint density at radius 1 is 1.57 bits per heavy atom. The molecule has 14 heavy (non-hydrogen) atoms. The molecule has 3 aliphatic rings. The normalized spacial score (nSPS) is 41.9. The van der Waals surface area contributed by atoms with Crippen LogP contribution in [0.3, 0.4) is 0 Å². The lowest BCUT2D eigenvalue weighted by atomic mass is 9.70. The Kier molecular flexibility index (Phi) is 2.49. The number of aliphatic hydroxyl groups excluding tert-OH is 1. The third-order valence-corrected chi connectivity index (χ3v) is 3.55. The lowest BCUT2D eigenvalue weighted by Crippen LogP contribution is -2.62. The van der Waals surface area contributed by atoms with Crippen molar-refractivity contribution in [3.8, 4) is 0 Å². The summed E-state index contributed by atoms with van der Waals surface area (Å²) in [6, 6.07) is -0.123. The number of rotatable bonds is 2. The van der Waals surface area contributed by atoms with E-state index >= 15 is 0 Å². The van der Waals surface area contributed by atoms with Crippen molar-refractivity contribution in [2.45, 2.75) is 38.3 Å². The van der Waals surface area contributed by atoms with Gasteiger partial charge in [0, 0.05) is 5.92 Å². The Morgan fingerprint density at radius 3 is 2.86 bits per heavy atom. The lowest BCUT2D eigenvalue weighted by Gasteiger charge is -2.49. The predicted octanol–water partition coefficient (Wildman–Crippen LogP) is 0.556. The van der Waals surface area contributed by atoms with Crippen LogP contribution in [-0.4, -0.2) is 35.3 Å². The summed E-state index contributed by atoms with van der Waals surface area (Å²) in [6.45, 7) is 2.09. The maximum atomic E-state index is 11.7. The number of hydroxylamine groups is 2. The standard InChI is InChI=1S/C10H17NO3/c1-3-6-4-7-5-8(12)9(6)11(14-2)10(7)13/h6-9,12H,3-5H2,1-2H3/t6-,7-,8+,9+/m0/s1. The molecule has 0 spiro atoms. The Hall–Kier alpha value is -0.610. The van der Waals surface area contributed by atoms with E-state index in [4.69, 9.17) is 4.84 Å². The zero-order chi connectivity index (χ0) is 10.3. The summed E-state index contributed by atoms with van der Waals surface area (Å²) >= 11 is 0. The van der Waals surface area contributed by atoms with Gasteiger partial charge >= 0.3 is 0 Å². The highest BCUT2D eigenvalue weighted by molar-refractivity contribution is 5.80. The van der Waals surface area contributed by atoms with Crippen LogP contribution in [0.5, 0.6) is 0 Å². The molecular weight excluding hydrogens is 182 g/mol. The van der Waals surface area contributed by atoms with Gasteiger partial charge in [0.15, 0.2) is 0 Å². The van der Waals surface area contributed by atoms with Gasteiger partial charge in [0.1, 0.15) is 0 Å². The molecule has 0 aromatic carbocycles. The topological polar surface area (TPSA) is 49.8 Å². The molecule has 2 aliphatic heterocycles. The van der Waals surface area contributed by atoms with E-state index in [2.05, 4.69) is 6.92 Å². The van der Waals surface area contributed by atoms with Gasteiger partial charge in [0.05, 0.1) is 19.3 Å². The number of fused-ring (bicyclic) bond motifs is 3. The molecule has 3 rings (SSSR count). The van der Waals surface area contributed by atoms with Crippen molar-refractivity contribution in [1.29, 1.82) is 0 Å². The summed E-state index contributed by atoms with van der Waals surface area (Å²) in [5.41, 5.74) is 0. The van der Waals surface area contributed by atoms with Gasteiger partial charge in [-0.1, -0.05) is 13.3 Å². The van der Waals surface area contributed by atoms with Gasteiger partial charge in [0.2, 0.25) is 5.91 Å². The van der Waals surface area contributed by atoms with Gasteiger partial charge in [-0.05, 0) is 18.8 Å². The van der Waals surface area contributed by atoms with E-state index in [0.29, 0.717) is 12.3 Å². The molecule has 4 nitrogen and oxygen atoms in total. The van der Waals surface area contributed by atoms with Crippen LogP contribution in [0.4, 0.5) is 0 Å². The SMILES string of the molecule is CC[C@H]1C[C@H]2C[C@@H](O)[C@@H]1N(OC)C2=O. The van der Waals surface area contributed by atoms with Crippen LogP contribution < -0.4 is 0 Å². The van der Waals surface area contributed by atoms with E-state index < -0.39 is 6.10 Å². The third-order valence-electron chi connectivity index (χ3n) is 3.55. The summed E-state index contributed by atoms with van der Waals surface area (Å²) in [5, 5.41) is 11.2. The number of carbonyl (C=O) groups excluding carboxylic acids is 1. The summed E-state index contributed by atoms with van der Waals surface area (Å²) < 4.78 is 0. The lowest BCUT2D eigenvalue weighted by molar-refractivity contribution is -0.239. The molecule has 1 aliphatic carbocycles. The fourth-order valence-electron chi connectivity index (χ4n) is 2.84. The monoisotopic (exact) mass is 199 g/mol. The van der Waals surface area contributed by atoms with Gasteiger partial charge in [-0.3, -0.25) is 9.63 Å². The first kappa shape index (κ1) is 9.93. The van der Waals surface area contributed by atoms with Crippen molar-refractivity contribution in [3.05, 3.63) is 0 Å². The van der Waals surface area contributed by atoms with Crippen molar-refractivity contribution in [3.63, 3.8) is 0 Å². The van der Waals surface area contributed by atoms with Crippen molar-refractivity contribution in [2.75, 3.05) is 7.11 Å². The minimum atomic E-state index is -0.406. The second kappa shape index (κ2) is 3.51. The number of piperidine rings is 2. The molecular formula is C10H17NO3. The number of carbonyl (C=O) groups is 1. The largest absolute Gasteiger partial charge is 0.391 e. The molecule has 0 radical (unpaired) electrons.